The van der Waals surface area contributed by atoms with Crippen LogP contribution in [-0.4, -0.2) is 42.6 Å². The zero-order valence-electron chi connectivity index (χ0n) is 13.3. The molecule has 10 heteroatoms. The third-order valence-electron chi connectivity index (χ3n) is 3.62. The molecule has 2 N–H and O–H groups in total. The minimum Gasteiger partial charge on any atom is -0.318 e. The van der Waals surface area contributed by atoms with E-state index in [1.165, 1.54) is 6.07 Å². The number of alkyl halides is 3. The molecule has 1 aliphatic rings. The first kappa shape index (κ1) is 19.2. The number of likely N-dealkylation sites (tertiary alicyclic amines) is 1. The lowest BCUT2D eigenvalue weighted by Crippen LogP contribution is -2.35. The average Bonchev–Trinajstić information content (AvgIpc) is 2.54. The third-order valence-corrected chi connectivity index (χ3v) is 3.95. The second-order valence-electron chi connectivity index (χ2n) is 5.57. The molecule has 0 radical (unpaired) electrons. The van der Waals surface area contributed by atoms with Crippen LogP contribution < -0.4 is 10.7 Å². The Balaban J connectivity index is 1.97. The van der Waals surface area contributed by atoms with Crippen molar-refractivity contribution in [1.29, 1.82) is 0 Å². The van der Waals surface area contributed by atoms with Gasteiger partial charge in [0.1, 0.15) is 0 Å². The van der Waals surface area contributed by atoms with Gasteiger partial charge in [-0.25, -0.2) is 5.43 Å². The number of amides is 2. The molecule has 2 rings (SSSR count). The Labute approximate surface area is 147 Å². The number of carbonyl (C=O) groups is 2. The Hall–Kier alpha value is -2.13. The summed E-state index contributed by atoms with van der Waals surface area (Å²) in [5, 5.41) is 5.47. The van der Waals surface area contributed by atoms with Crippen molar-refractivity contribution in [3.05, 3.63) is 28.8 Å². The number of hydrazone groups is 1. The van der Waals surface area contributed by atoms with E-state index in [-0.39, 0.29) is 5.69 Å². The number of hydrogen-bond acceptors (Lipinski definition) is 4. The van der Waals surface area contributed by atoms with Crippen molar-refractivity contribution in [3.63, 3.8) is 0 Å². The van der Waals surface area contributed by atoms with Crippen LogP contribution in [0.4, 0.5) is 18.9 Å². The molecule has 1 aromatic carbocycles. The Morgan fingerprint density at radius 2 is 1.84 bits per heavy atom. The molecule has 1 heterocycles. The van der Waals surface area contributed by atoms with Gasteiger partial charge in [0.25, 0.3) is 0 Å². The maximum Gasteiger partial charge on any atom is 0.417 e. The van der Waals surface area contributed by atoms with E-state index in [9.17, 15) is 22.8 Å². The lowest BCUT2D eigenvalue weighted by Gasteiger charge is -2.22. The zero-order chi connectivity index (χ0) is 18.6. The molecule has 0 saturated carbocycles. The number of halogens is 4. The van der Waals surface area contributed by atoms with Crippen molar-refractivity contribution >= 4 is 34.8 Å². The van der Waals surface area contributed by atoms with E-state index in [1.54, 1.807) is 0 Å². The molecule has 0 atom stereocenters. The van der Waals surface area contributed by atoms with Crippen molar-refractivity contribution in [2.45, 2.75) is 19.0 Å². The van der Waals surface area contributed by atoms with Crippen LogP contribution in [0, 0.1) is 0 Å². The maximum atomic E-state index is 12.8. The second-order valence-corrected chi connectivity index (χ2v) is 5.98. The van der Waals surface area contributed by atoms with Crippen molar-refractivity contribution in [2.75, 3.05) is 25.5 Å². The molecule has 0 spiro atoms. The summed E-state index contributed by atoms with van der Waals surface area (Å²) in [4.78, 5) is 25.6. The van der Waals surface area contributed by atoms with Crippen LogP contribution in [0.15, 0.2) is 23.3 Å². The van der Waals surface area contributed by atoms with Gasteiger partial charge in [0.15, 0.2) is 0 Å². The van der Waals surface area contributed by atoms with Crippen LogP contribution in [-0.2, 0) is 15.8 Å². The van der Waals surface area contributed by atoms with Crippen LogP contribution in [0.2, 0.25) is 5.02 Å². The number of hydrogen-bond donors (Lipinski definition) is 2. The summed E-state index contributed by atoms with van der Waals surface area (Å²) in [6, 6.07) is 2.83. The Kier molecular flexibility index (Phi) is 6.02. The quantitative estimate of drug-likeness (QED) is 0.615. The lowest BCUT2D eigenvalue weighted by molar-refractivity contribution is -0.137. The van der Waals surface area contributed by atoms with Crippen LogP contribution in [0.3, 0.4) is 0 Å². The number of piperidine rings is 1. The SMILES string of the molecule is CN1CCC(=NNC(=O)C(=O)Nc2ccc(Cl)c(C(F)(F)F)c2)CC1. The molecule has 1 aromatic rings. The van der Waals surface area contributed by atoms with Gasteiger partial charge >= 0.3 is 18.0 Å². The summed E-state index contributed by atoms with van der Waals surface area (Å²) in [5.74, 6) is -2.18. The van der Waals surface area contributed by atoms with Crippen molar-refractivity contribution in [3.8, 4) is 0 Å². The van der Waals surface area contributed by atoms with Gasteiger partial charge in [-0.3, -0.25) is 9.59 Å². The molecule has 2 amide bonds. The van der Waals surface area contributed by atoms with E-state index in [4.69, 9.17) is 11.6 Å². The molecule has 1 aliphatic heterocycles. The highest BCUT2D eigenvalue weighted by molar-refractivity contribution is 6.39. The molecule has 1 fully saturated rings. The Bertz CT molecular complexity index is 697. The van der Waals surface area contributed by atoms with Crippen molar-refractivity contribution in [1.82, 2.24) is 10.3 Å². The van der Waals surface area contributed by atoms with Gasteiger partial charge in [-0.1, -0.05) is 11.6 Å². The van der Waals surface area contributed by atoms with Gasteiger partial charge in [0.2, 0.25) is 0 Å². The smallest absolute Gasteiger partial charge is 0.318 e. The van der Waals surface area contributed by atoms with E-state index < -0.39 is 28.6 Å². The molecule has 0 aliphatic carbocycles. The normalized spacial score (nSPS) is 15.6. The number of anilines is 1. The lowest BCUT2D eigenvalue weighted by atomic mass is 10.1. The highest BCUT2D eigenvalue weighted by Gasteiger charge is 2.33. The Morgan fingerprint density at radius 3 is 2.44 bits per heavy atom. The van der Waals surface area contributed by atoms with Gasteiger partial charge in [-0.05, 0) is 25.2 Å². The van der Waals surface area contributed by atoms with Gasteiger partial charge in [-0.2, -0.15) is 18.3 Å². The summed E-state index contributed by atoms with van der Waals surface area (Å²) >= 11 is 5.49. The van der Waals surface area contributed by atoms with Gasteiger partial charge in [0, 0.05) is 37.3 Å². The highest BCUT2D eigenvalue weighted by atomic mass is 35.5. The summed E-state index contributed by atoms with van der Waals surface area (Å²) in [6.45, 7) is 1.60. The fraction of sp³-hybridized carbons (Fsp3) is 0.400. The van der Waals surface area contributed by atoms with E-state index in [0.29, 0.717) is 18.9 Å². The molecule has 136 valence electrons. The van der Waals surface area contributed by atoms with E-state index >= 15 is 0 Å². The molecule has 0 aromatic heterocycles. The largest absolute Gasteiger partial charge is 0.417 e. The average molecular weight is 377 g/mol. The van der Waals surface area contributed by atoms with Crippen molar-refractivity contribution < 1.29 is 22.8 Å². The minimum atomic E-state index is -4.67. The van der Waals surface area contributed by atoms with E-state index in [0.717, 1.165) is 24.9 Å². The predicted octanol–water partition coefficient (Wildman–Crippen LogP) is 2.50. The molecule has 25 heavy (non-hydrogen) atoms. The number of rotatable bonds is 2. The number of nitrogens with zero attached hydrogens (tertiary/aromatic N) is 2. The van der Waals surface area contributed by atoms with Gasteiger partial charge in [0.05, 0.1) is 10.6 Å². The summed E-state index contributed by atoms with van der Waals surface area (Å²) < 4.78 is 38.3. The molecule has 6 nitrogen and oxygen atoms in total. The predicted molar refractivity (Wildman–Crippen MR) is 87.4 cm³/mol. The molecule has 0 bridgehead atoms. The molecular weight excluding hydrogens is 361 g/mol. The first-order valence-electron chi connectivity index (χ1n) is 7.39. The topological polar surface area (TPSA) is 73.8 Å². The monoisotopic (exact) mass is 376 g/mol. The maximum absolute atomic E-state index is 12.8. The summed E-state index contributed by atoms with van der Waals surface area (Å²) in [6.07, 6.45) is -3.32. The fourth-order valence-electron chi connectivity index (χ4n) is 2.18. The third kappa shape index (κ3) is 5.43. The van der Waals surface area contributed by atoms with Crippen LogP contribution >= 0.6 is 11.6 Å². The van der Waals surface area contributed by atoms with Gasteiger partial charge in [-0.15, -0.1) is 0 Å². The molecule has 0 unspecified atom stereocenters. The first-order chi connectivity index (χ1) is 11.7. The zero-order valence-corrected chi connectivity index (χ0v) is 14.0. The van der Waals surface area contributed by atoms with Crippen molar-refractivity contribution in [2.24, 2.45) is 5.10 Å². The fourth-order valence-corrected chi connectivity index (χ4v) is 2.40. The minimum absolute atomic E-state index is 0.191. The summed E-state index contributed by atoms with van der Waals surface area (Å²) in [7, 11) is 1.96. The van der Waals surface area contributed by atoms with Crippen LogP contribution in [0.1, 0.15) is 18.4 Å². The molecular formula is C15H16ClF3N4O2. The number of carbonyl (C=O) groups excluding carboxylic acids is 2. The van der Waals surface area contributed by atoms with Crippen LogP contribution in [0.25, 0.3) is 0 Å². The second kappa shape index (κ2) is 7.83. The molecule has 1 saturated heterocycles. The van der Waals surface area contributed by atoms with E-state index in [2.05, 4.69) is 20.7 Å². The van der Waals surface area contributed by atoms with Gasteiger partial charge < -0.3 is 10.2 Å². The number of nitrogens with one attached hydrogen (secondary N) is 2. The Morgan fingerprint density at radius 1 is 1.20 bits per heavy atom. The summed E-state index contributed by atoms with van der Waals surface area (Å²) in [5.41, 5.74) is 1.58. The first-order valence-corrected chi connectivity index (χ1v) is 7.76. The van der Waals surface area contributed by atoms with Crippen LogP contribution in [0.5, 0.6) is 0 Å². The standard InChI is InChI=1S/C15H16ClF3N4O2/c1-23-6-4-9(5-7-23)21-22-14(25)13(24)20-10-2-3-12(16)11(8-10)15(17,18)19/h2-3,8H,4-7H2,1H3,(H,20,24)(H,22,25). The number of benzene rings is 1. The van der Waals surface area contributed by atoms with E-state index in [1.807, 2.05) is 7.05 Å². The highest BCUT2D eigenvalue weighted by Crippen LogP contribution is 2.36.